The summed E-state index contributed by atoms with van der Waals surface area (Å²) in [5, 5.41) is 10.2. The van der Waals surface area contributed by atoms with Gasteiger partial charge in [0.2, 0.25) is 0 Å². The van der Waals surface area contributed by atoms with Gasteiger partial charge in [0.1, 0.15) is 16.9 Å². The standard InChI is InChI=1S/C6H4N2O2S/c9-6(10)4-2-11-5-1-7-3-8(4)5/h1-3H,(H,9,10). The molecule has 0 amide bonds. The Hall–Kier alpha value is -1.36. The minimum atomic E-state index is -0.922. The van der Waals surface area contributed by atoms with Gasteiger partial charge in [-0.25, -0.2) is 9.78 Å². The van der Waals surface area contributed by atoms with Crippen LogP contribution in [0.25, 0.3) is 4.83 Å². The Morgan fingerprint density at radius 3 is 3.27 bits per heavy atom. The summed E-state index contributed by atoms with van der Waals surface area (Å²) in [7, 11) is 0. The van der Waals surface area contributed by atoms with Gasteiger partial charge in [-0.1, -0.05) is 0 Å². The number of nitrogens with zero attached hydrogens (tertiary/aromatic N) is 2. The largest absolute Gasteiger partial charge is 0.477 e. The van der Waals surface area contributed by atoms with Crippen LogP contribution in [0.1, 0.15) is 10.5 Å². The molecule has 11 heavy (non-hydrogen) atoms. The van der Waals surface area contributed by atoms with Crippen molar-refractivity contribution in [2.45, 2.75) is 0 Å². The number of rotatable bonds is 1. The fourth-order valence-corrected chi connectivity index (χ4v) is 1.70. The monoisotopic (exact) mass is 168 g/mol. The molecule has 0 saturated heterocycles. The van der Waals surface area contributed by atoms with Crippen LogP contribution in [0.3, 0.4) is 0 Å². The molecule has 1 N–H and O–H groups in total. The number of carbonyl (C=O) groups is 1. The van der Waals surface area contributed by atoms with E-state index >= 15 is 0 Å². The molecule has 5 heteroatoms. The molecular formula is C6H4N2O2S. The van der Waals surface area contributed by atoms with Crippen molar-refractivity contribution in [3.63, 3.8) is 0 Å². The second-order valence-electron chi connectivity index (χ2n) is 2.03. The van der Waals surface area contributed by atoms with Crippen molar-refractivity contribution >= 4 is 22.1 Å². The van der Waals surface area contributed by atoms with Crippen LogP contribution in [0.5, 0.6) is 0 Å². The van der Waals surface area contributed by atoms with Crippen molar-refractivity contribution in [3.8, 4) is 0 Å². The molecule has 0 aromatic carbocycles. The van der Waals surface area contributed by atoms with E-state index in [2.05, 4.69) is 4.98 Å². The second-order valence-corrected chi connectivity index (χ2v) is 2.92. The Balaban J connectivity index is 2.78. The number of thiazole rings is 1. The maximum absolute atomic E-state index is 10.5. The summed E-state index contributed by atoms with van der Waals surface area (Å²) < 4.78 is 1.55. The van der Waals surface area contributed by atoms with Gasteiger partial charge in [0.05, 0.1) is 6.20 Å². The van der Waals surface area contributed by atoms with Crippen LogP contribution < -0.4 is 0 Å². The zero-order valence-corrected chi connectivity index (χ0v) is 6.21. The highest BCUT2D eigenvalue weighted by molar-refractivity contribution is 7.15. The average Bonchev–Trinajstić information content (AvgIpc) is 2.41. The summed E-state index contributed by atoms with van der Waals surface area (Å²) >= 11 is 1.37. The Morgan fingerprint density at radius 1 is 1.73 bits per heavy atom. The Morgan fingerprint density at radius 2 is 2.55 bits per heavy atom. The van der Waals surface area contributed by atoms with E-state index in [4.69, 9.17) is 5.11 Å². The first kappa shape index (κ1) is 6.36. The third-order valence-electron chi connectivity index (χ3n) is 1.37. The summed E-state index contributed by atoms with van der Waals surface area (Å²) in [6.07, 6.45) is 3.13. The van der Waals surface area contributed by atoms with Crippen molar-refractivity contribution in [1.29, 1.82) is 0 Å². The van der Waals surface area contributed by atoms with Crippen molar-refractivity contribution in [2.24, 2.45) is 0 Å². The average molecular weight is 168 g/mol. The zero-order chi connectivity index (χ0) is 7.84. The lowest BCUT2D eigenvalue weighted by molar-refractivity contribution is 0.0689. The summed E-state index contributed by atoms with van der Waals surface area (Å²) in [5.74, 6) is -0.922. The number of carboxylic acid groups (broad SMARTS) is 1. The van der Waals surface area contributed by atoms with Crippen LogP contribution in [0, 0.1) is 0 Å². The van der Waals surface area contributed by atoms with Crippen molar-refractivity contribution in [2.75, 3.05) is 0 Å². The van der Waals surface area contributed by atoms with Gasteiger partial charge in [-0.05, 0) is 0 Å². The summed E-state index contributed by atoms with van der Waals surface area (Å²) in [5.41, 5.74) is 0.266. The Kier molecular flexibility index (Phi) is 1.19. The third kappa shape index (κ3) is 0.813. The summed E-state index contributed by atoms with van der Waals surface area (Å²) in [4.78, 5) is 15.2. The molecule has 0 spiro atoms. The molecule has 2 heterocycles. The first-order valence-corrected chi connectivity index (χ1v) is 3.80. The molecule has 0 aliphatic carbocycles. The van der Waals surface area contributed by atoms with E-state index in [9.17, 15) is 4.79 Å². The van der Waals surface area contributed by atoms with Gasteiger partial charge in [-0.2, -0.15) is 0 Å². The van der Waals surface area contributed by atoms with Crippen LogP contribution in [0.15, 0.2) is 17.9 Å². The van der Waals surface area contributed by atoms with Crippen LogP contribution in [-0.2, 0) is 0 Å². The van der Waals surface area contributed by atoms with Crippen LogP contribution in [-0.4, -0.2) is 20.5 Å². The van der Waals surface area contributed by atoms with E-state index in [1.165, 1.54) is 17.7 Å². The predicted molar refractivity (Wildman–Crippen MR) is 40.0 cm³/mol. The van der Waals surface area contributed by atoms with Gasteiger partial charge in [0.15, 0.2) is 0 Å². The number of aromatic carboxylic acids is 1. The molecule has 4 nitrogen and oxygen atoms in total. The maximum Gasteiger partial charge on any atom is 0.353 e. The van der Waals surface area contributed by atoms with Crippen molar-refractivity contribution in [1.82, 2.24) is 9.38 Å². The van der Waals surface area contributed by atoms with E-state index < -0.39 is 5.97 Å². The smallest absolute Gasteiger partial charge is 0.353 e. The molecule has 0 aliphatic heterocycles. The van der Waals surface area contributed by atoms with Crippen LogP contribution >= 0.6 is 11.3 Å². The molecule has 0 aliphatic rings. The number of carboxylic acids is 1. The first-order chi connectivity index (χ1) is 5.29. The molecule has 2 aromatic rings. The molecule has 2 rings (SSSR count). The molecular weight excluding hydrogens is 164 g/mol. The molecule has 0 saturated carbocycles. The zero-order valence-electron chi connectivity index (χ0n) is 5.39. The summed E-state index contributed by atoms with van der Waals surface area (Å²) in [6.45, 7) is 0. The Labute approximate surface area is 65.7 Å². The van der Waals surface area contributed by atoms with Crippen molar-refractivity contribution < 1.29 is 9.90 Å². The Bertz CT molecular complexity index is 403. The van der Waals surface area contributed by atoms with E-state index in [0.717, 1.165) is 4.83 Å². The minimum absolute atomic E-state index is 0.266. The number of hydrogen-bond acceptors (Lipinski definition) is 3. The highest BCUT2D eigenvalue weighted by atomic mass is 32.1. The van der Waals surface area contributed by atoms with E-state index in [-0.39, 0.29) is 5.69 Å². The van der Waals surface area contributed by atoms with Gasteiger partial charge in [0, 0.05) is 5.38 Å². The molecule has 2 aromatic heterocycles. The topological polar surface area (TPSA) is 54.6 Å². The maximum atomic E-state index is 10.5. The van der Waals surface area contributed by atoms with Crippen LogP contribution in [0.4, 0.5) is 0 Å². The lowest BCUT2D eigenvalue weighted by Gasteiger charge is -1.87. The van der Waals surface area contributed by atoms with Gasteiger partial charge in [0.25, 0.3) is 0 Å². The molecule has 0 atom stereocenters. The fraction of sp³-hybridized carbons (Fsp3) is 0. The number of hydrogen-bond donors (Lipinski definition) is 1. The molecule has 0 radical (unpaired) electrons. The van der Waals surface area contributed by atoms with Crippen LogP contribution in [0.2, 0.25) is 0 Å². The normalized spacial score (nSPS) is 10.5. The van der Waals surface area contributed by atoms with Gasteiger partial charge >= 0.3 is 5.97 Å². The SMILES string of the molecule is O=C(O)c1csc2cncn12. The van der Waals surface area contributed by atoms with E-state index in [0.29, 0.717) is 0 Å². The van der Waals surface area contributed by atoms with E-state index in [1.54, 1.807) is 16.0 Å². The molecule has 0 unspecified atom stereocenters. The molecule has 0 fully saturated rings. The van der Waals surface area contributed by atoms with Crippen molar-refractivity contribution in [3.05, 3.63) is 23.6 Å². The highest BCUT2D eigenvalue weighted by Gasteiger charge is 2.09. The minimum Gasteiger partial charge on any atom is -0.477 e. The fourth-order valence-electron chi connectivity index (χ4n) is 0.877. The summed E-state index contributed by atoms with van der Waals surface area (Å²) in [6, 6.07) is 0. The van der Waals surface area contributed by atoms with E-state index in [1.807, 2.05) is 0 Å². The first-order valence-electron chi connectivity index (χ1n) is 2.92. The lowest BCUT2D eigenvalue weighted by Crippen LogP contribution is -1.99. The number of fused-ring (bicyclic) bond motifs is 1. The predicted octanol–water partition coefficient (Wildman–Crippen LogP) is 1.09. The highest BCUT2D eigenvalue weighted by Crippen LogP contribution is 2.14. The third-order valence-corrected chi connectivity index (χ3v) is 2.26. The molecule has 56 valence electrons. The second kappa shape index (κ2) is 2.06. The van der Waals surface area contributed by atoms with Gasteiger partial charge in [-0.3, -0.25) is 4.40 Å². The molecule has 0 bridgehead atoms. The lowest BCUT2D eigenvalue weighted by atomic mass is 10.5. The number of imidazole rings is 1. The van der Waals surface area contributed by atoms with Gasteiger partial charge in [-0.15, -0.1) is 11.3 Å². The number of aromatic nitrogens is 2. The van der Waals surface area contributed by atoms with Gasteiger partial charge < -0.3 is 5.11 Å². The quantitative estimate of drug-likeness (QED) is 0.693.